The molecule has 0 aliphatic carbocycles. The summed E-state index contributed by atoms with van der Waals surface area (Å²) in [4.78, 5) is 33.5. The van der Waals surface area contributed by atoms with E-state index < -0.39 is 0 Å². The van der Waals surface area contributed by atoms with E-state index in [4.69, 9.17) is 9.47 Å². The van der Waals surface area contributed by atoms with Crippen molar-refractivity contribution in [2.45, 2.75) is 26.8 Å². The zero-order valence-electron chi connectivity index (χ0n) is 15.7. The minimum absolute atomic E-state index is 0.0387. The summed E-state index contributed by atoms with van der Waals surface area (Å²) in [6, 6.07) is 3.29. The number of hydrogen-bond donors (Lipinski definition) is 2. The lowest BCUT2D eigenvalue weighted by Crippen LogP contribution is -2.37. The molecule has 142 valence electrons. The Hall–Kier alpha value is -2.61. The molecule has 8 nitrogen and oxygen atoms in total. The lowest BCUT2D eigenvalue weighted by atomic mass is 10.2. The molecule has 2 rings (SSSR count). The van der Waals surface area contributed by atoms with Gasteiger partial charge in [-0.15, -0.1) is 0 Å². The Bertz CT molecular complexity index is 819. The van der Waals surface area contributed by atoms with E-state index in [1.54, 1.807) is 12.1 Å². The molecule has 0 saturated heterocycles. The highest BCUT2D eigenvalue weighted by molar-refractivity contribution is 5.82. The SMILES string of the molecule is CCCNC(=O)CN(CC)Cc1nc2cc(OC)c(OC)cc2c(=O)[nH]1. The number of amides is 1. The normalized spacial score (nSPS) is 11.0. The van der Waals surface area contributed by atoms with Gasteiger partial charge in [0.25, 0.3) is 5.56 Å². The second kappa shape index (κ2) is 9.19. The quantitative estimate of drug-likeness (QED) is 0.698. The maximum Gasteiger partial charge on any atom is 0.258 e. The van der Waals surface area contributed by atoms with Crippen LogP contribution in [-0.4, -0.2) is 54.6 Å². The minimum Gasteiger partial charge on any atom is -0.493 e. The van der Waals surface area contributed by atoms with Crippen molar-refractivity contribution in [3.63, 3.8) is 0 Å². The van der Waals surface area contributed by atoms with Gasteiger partial charge in [-0.25, -0.2) is 4.98 Å². The van der Waals surface area contributed by atoms with Gasteiger partial charge in [-0.2, -0.15) is 0 Å². The summed E-state index contributed by atoms with van der Waals surface area (Å²) in [6.07, 6.45) is 0.892. The van der Waals surface area contributed by atoms with Crippen LogP contribution in [0.5, 0.6) is 11.5 Å². The zero-order chi connectivity index (χ0) is 19.1. The smallest absolute Gasteiger partial charge is 0.258 e. The second-order valence-corrected chi connectivity index (χ2v) is 5.89. The highest BCUT2D eigenvalue weighted by atomic mass is 16.5. The second-order valence-electron chi connectivity index (χ2n) is 5.89. The van der Waals surface area contributed by atoms with Gasteiger partial charge in [-0.1, -0.05) is 13.8 Å². The van der Waals surface area contributed by atoms with E-state index in [1.165, 1.54) is 14.2 Å². The van der Waals surface area contributed by atoms with Gasteiger partial charge >= 0.3 is 0 Å². The van der Waals surface area contributed by atoms with E-state index >= 15 is 0 Å². The van der Waals surface area contributed by atoms with Gasteiger partial charge in [-0.3, -0.25) is 14.5 Å². The van der Waals surface area contributed by atoms with E-state index in [-0.39, 0.29) is 18.0 Å². The summed E-state index contributed by atoms with van der Waals surface area (Å²) in [7, 11) is 3.05. The standard InChI is InChI=1S/C18H26N4O4/c1-5-7-19-17(23)11-22(6-2)10-16-20-13-9-15(26-4)14(25-3)8-12(13)18(24)21-16/h8-9H,5-7,10-11H2,1-4H3,(H,19,23)(H,20,21,24). The van der Waals surface area contributed by atoms with Gasteiger partial charge in [0.15, 0.2) is 11.5 Å². The lowest BCUT2D eigenvalue weighted by molar-refractivity contribution is -0.122. The summed E-state index contributed by atoms with van der Waals surface area (Å²) in [5, 5.41) is 3.27. The molecular weight excluding hydrogens is 336 g/mol. The molecule has 1 aromatic heterocycles. The van der Waals surface area contributed by atoms with Gasteiger partial charge in [0.1, 0.15) is 5.82 Å². The largest absolute Gasteiger partial charge is 0.493 e. The van der Waals surface area contributed by atoms with Crippen LogP contribution >= 0.6 is 0 Å². The molecule has 0 atom stereocenters. The number of aromatic amines is 1. The molecule has 0 bridgehead atoms. The van der Waals surface area contributed by atoms with Gasteiger partial charge in [0, 0.05) is 12.6 Å². The topological polar surface area (TPSA) is 96.6 Å². The highest BCUT2D eigenvalue weighted by Gasteiger charge is 2.14. The Morgan fingerprint density at radius 3 is 2.54 bits per heavy atom. The molecule has 0 spiro atoms. The number of likely N-dealkylation sites (N-methyl/N-ethyl adjacent to an activating group) is 1. The van der Waals surface area contributed by atoms with Crippen LogP contribution in [0, 0.1) is 0 Å². The molecule has 0 saturated carbocycles. The number of ether oxygens (including phenoxy) is 2. The molecular formula is C18H26N4O4. The Morgan fingerprint density at radius 1 is 1.23 bits per heavy atom. The molecule has 0 fully saturated rings. The molecule has 0 radical (unpaired) electrons. The fraction of sp³-hybridized carbons (Fsp3) is 0.500. The van der Waals surface area contributed by atoms with Crippen molar-refractivity contribution in [1.29, 1.82) is 0 Å². The number of nitrogens with one attached hydrogen (secondary N) is 2. The third kappa shape index (κ3) is 4.72. The number of hydrogen-bond acceptors (Lipinski definition) is 6. The number of H-pyrrole nitrogens is 1. The Kier molecular flexibility index (Phi) is 6.97. The van der Waals surface area contributed by atoms with Gasteiger partial charge in [0.2, 0.25) is 5.91 Å². The molecule has 26 heavy (non-hydrogen) atoms. The van der Waals surface area contributed by atoms with E-state index in [0.717, 1.165) is 6.42 Å². The Morgan fingerprint density at radius 2 is 1.92 bits per heavy atom. The molecule has 0 aliphatic heterocycles. The van der Waals surface area contributed by atoms with Crippen LogP contribution < -0.4 is 20.3 Å². The number of fused-ring (bicyclic) bond motifs is 1. The van der Waals surface area contributed by atoms with E-state index in [1.807, 2.05) is 18.7 Å². The minimum atomic E-state index is -0.252. The van der Waals surface area contributed by atoms with Crippen molar-refractivity contribution in [2.24, 2.45) is 0 Å². The first-order valence-electron chi connectivity index (χ1n) is 8.66. The average molecular weight is 362 g/mol. The van der Waals surface area contributed by atoms with Crippen LogP contribution in [0.4, 0.5) is 0 Å². The van der Waals surface area contributed by atoms with Crippen LogP contribution in [0.25, 0.3) is 10.9 Å². The molecule has 1 heterocycles. The number of benzene rings is 1. The van der Waals surface area contributed by atoms with Crippen molar-refractivity contribution in [2.75, 3.05) is 33.9 Å². The molecule has 2 aromatic rings. The van der Waals surface area contributed by atoms with Crippen LogP contribution in [0.15, 0.2) is 16.9 Å². The molecule has 8 heteroatoms. The first kappa shape index (κ1) is 19.7. The Labute approximate surface area is 152 Å². The van der Waals surface area contributed by atoms with Gasteiger partial charge in [0.05, 0.1) is 38.2 Å². The molecule has 0 unspecified atom stereocenters. The average Bonchev–Trinajstić information content (AvgIpc) is 2.64. The zero-order valence-corrected chi connectivity index (χ0v) is 15.7. The van der Waals surface area contributed by atoms with Crippen molar-refractivity contribution < 1.29 is 14.3 Å². The number of carbonyl (C=O) groups is 1. The van der Waals surface area contributed by atoms with Crippen molar-refractivity contribution in [3.8, 4) is 11.5 Å². The molecule has 2 N–H and O–H groups in total. The monoisotopic (exact) mass is 362 g/mol. The predicted molar refractivity (Wildman–Crippen MR) is 99.7 cm³/mol. The fourth-order valence-electron chi connectivity index (χ4n) is 2.60. The van der Waals surface area contributed by atoms with Crippen LogP contribution in [0.2, 0.25) is 0 Å². The summed E-state index contributed by atoms with van der Waals surface area (Å²) >= 11 is 0. The fourth-order valence-corrected chi connectivity index (χ4v) is 2.60. The van der Waals surface area contributed by atoms with E-state index in [2.05, 4.69) is 15.3 Å². The number of nitrogens with zero attached hydrogens (tertiary/aromatic N) is 2. The van der Waals surface area contributed by atoms with Crippen molar-refractivity contribution >= 4 is 16.8 Å². The maximum atomic E-state index is 12.4. The van der Waals surface area contributed by atoms with E-state index in [0.29, 0.717) is 47.9 Å². The van der Waals surface area contributed by atoms with Crippen molar-refractivity contribution in [3.05, 3.63) is 28.3 Å². The van der Waals surface area contributed by atoms with Gasteiger partial charge in [-0.05, 0) is 19.0 Å². The van der Waals surface area contributed by atoms with Gasteiger partial charge < -0.3 is 19.8 Å². The molecule has 1 aromatic carbocycles. The van der Waals surface area contributed by atoms with Crippen molar-refractivity contribution in [1.82, 2.24) is 20.2 Å². The first-order chi connectivity index (χ1) is 12.5. The third-order valence-corrected chi connectivity index (χ3v) is 4.02. The predicted octanol–water partition coefficient (Wildman–Crippen LogP) is 1.29. The Balaban J connectivity index is 2.26. The highest BCUT2D eigenvalue weighted by Crippen LogP contribution is 2.29. The van der Waals surface area contributed by atoms with E-state index in [9.17, 15) is 9.59 Å². The summed E-state index contributed by atoms with van der Waals surface area (Å²) in [5.41, 5.74) is 0.269. The van der Waals surface area contributed by atoms with Crippen LogP contribution in [0.1, 0.15) is 26.1 Å². The third-order valence-electron chi connectivity index (χ3n) is 4.02. The number of rotatable bonds is 9. The number of aromatic nitrogens is 2. The first-order valence-corrected chi connectivity index (χ1v) is 8.66. The summed E-state index contributed by atoms with van der Waals surface area (Å²) in [6.45, 7) is 5.90. The number of methoxy groups -OCH3 is 2. The molecule has 0 aliphatic rings. The maximum absolute atomic E-state index is 12.4. The summed E-state index contributed by atoms with van der Waals surface area (Å²) in [5.74, 6) is 1.45. The van der Waals surface area contributed by atoms with Crippen LogP contribution in [-0.2, 0) is 11.3 Å². The summed E-state index contributed by atoms with van der Waals surface area (Å²) < 4.78 is 10.5. The molecule has 1 amide bonds. The number of carbonyl (C=O) groups excluding carboxylic acids is 1. The van der Waals surface area contributed by atoms with Crippen LogP contribution in [0.3, 0.4) is 0 Å². The lowest BCUT2D eigenvalue weighted by Gasteiger charge is -2.19.